The van der Waals surface area contributed by atoms with Crippen LogP contribution >= 0.6 is 11.3 Å². The van der Waals surface area contributed by atoms with Gasteiger partial charge in [0, 0.05) is 28.8 Å². The maximum atomic E-state index is 12.0. The topological polar surface area (TPSA) is 59.8 Å². The molecule has 0 spiro atoms. The highest BCUT2D eigenvalue weighted by Gasteiger charge is 2.21. The number of amides is 1. The van der Waals surface area contributed by atoms with Crippen LogP contribution in [0.5, 0.6) is 0 Å². The van der Waals surface area contributed by atoms with Crippen molar-refractivity contribution in [2.45, 2.75) is 39.3 Å². The molecule has 0 bridgehead atoms. The van der Waals surface area contributed by atoms with Crippen molar-refractivity contribution in [2.75, 3.05) is 0 Å². The van der Waals surface area contributed by atoms with Gasteiger partial charge in [-0.15, -0.1) is 21.5 Å². The maximum absolute atomic E-state index is 12.0. The lowest BCUT2D eigenvalue weighted by Crippen LogP contribution is -2.27. The number of carbonyl (C=O) groups excluding carboxylic acids is 1. The van der Waals surface area contributed by atoms with Crippen molar-refractivity contribution < 1.29 is 4.79 Å². The molecule has 0 radical (unpaired) electrons. The highest BCUT2D eigenvalue weighted by atomic mass is 32.1. The summed E-state index contributed by atoms with van der Waals surface area (Å²) in [5, 5.41) is 11.3. The zero-order valence-electron chi connectivity index (χ0n) is 12.2. The number of aryl methyl sites for hydroxylation is 2. The Morgan fingerprint density at radius 3 is 3.10 bits per heavy atom. The molecule has 0 saturated heterocycles. The first-order chi connectivity index (χ1) is 10.1. The summed E-state index contributed by atoms with van der Waals surface area (Å²) in [4.78, 5) is 14.3. The standard InChI is InChI=1S/C15H18N4OS/c1-10-5-6-12(21-10)7-8-14(20)16-11(2)15-18-17-13-4-3-9-19(13)15/h5-8,11H,3-4,9H2,1-2H3,(H,16,20)/b8-7-/t11-/m1/s1. The maximum Gasteiger partial charge on any atom is 0.244 e. The number of thiophene rings is 1. The molecule has 2 aromatic heterocycles. The van der Waals surface area contributed by atoms with E-state index in [4.69, 9.17) is 0 Å². The second-order valence-electron chi connectivity index (χ2n) is 5.24. The number of rotatable bonds is 4. The zero-order chi connectivity index (χ0) is 14.8. The fourth-order valence-electron chi connectivity index (χ4n) is 2.52. The smallest absolute Gasteiger partial charge is 0.244 e. The highest BCUT2D eigenvalue weighted by molar-refractivity contribution is 7.12. The second-order valence-corrected chi connectivity index (χ2v) is 6.56. The van der Waals surface area contributed by atoms with Crippen LogP contribution < -0.4 is 5.32 Å². The van der Waals surface area contributed by atoms with Crippen LogP contribution in [0.25, 0.3) is 6.08 Å². The average molecular weight is 302 g/mol. The summed E-state index contributed by atoms with van der Waals surface area (Å²) in [5.41, 5.74) is 0. The summed E-state index contributed by atoms with van der Waals surface area (Å²) in [6.45, 7) is 4.94. The molecule has 1 amide bonds. The molecule has 0 unspecified atom stereocenters. The highest BCUT2D eigenvalue weighted by Crippen LogP contribution is 2.19. The third-order valence-corrected chi connectivity index (χ3v) is 4.51. The van der Waals surface area contributed by atoms with Gasteiger partial charge in [0.25, 0.3) is 0 Å². The van der Waals surface area contributed by atoms with Crippen molar-refractivity contribution >= 4 is 23.3 Å². The van der Waals surface area contributed by atoms with Crippen LogP contribution in [-0.4, -0.2) is 20.7 Å². The minimum atomic E-state index is -0.133. The van der Waals surface area contributed by atoms with Gasteiger partial charge in [-0.3, -0.25) is 4.79 Å². The number of hydrogen-bond donors (Lipinski definition) is 1. The molecule has 2 aromatic rings. The molecule has 110 valence electrons. The molecule has 1 aliphatic rings. The van der Waals surface area contributed by atoms with Gasteiger partial charge in [0.15, 0.2) is 5.82 Å². The zero-order valence-corrected chi connectivity index (χ0v) is 13.0. The number of aromatic nitrogens is 3. The average Bonchev–Trinajstić information content (AvgIpc) is 3.11. The Balaban J connectivity index is 1.63. The van der Waals surface area contributed by atoms with Crippen LogP contribution in [0.15, 0.2) is 18.2 Å². The van der Waals surface area contributed by atoms with Gasteiger partial charge in [-0.1, -0.05) is 0 Å². The van der Waals surface area contributed by atoms with E-state index in [0.717, 1.165) is 35.9 Å². The largest absolute Gasteiger partial charge is 0.343 e. The first-order valence-corrected chi connectivity index (χ1v) is 7.92. The van der Waals surface area contributed by atoms with E-state index in [9.17, 15) is 4.79 Å². The summed E-state index contributed by atoms with van der Waals surface area (Å²) in [5.74, 6) is 1.76. The van der Waals surface area contributed by atoms with Crippen molar-refractivity contribution in [3.63, 3.8) is 0 Å². The number of fused-ring (bicyclic) bond motifs is 1. The Labute approximate surface area is 127 Å². The lowest BCUT2D eigenvalue weighted by molar-refractivity contribution is -0.117. The molecule has 6 heteroatoms. The van der Waals surface area contributed by atoms with Crippen molar-refractivity contribution in [3.05, 3.63) is 39.6 Å². The van der Waals surface area contributed by atoms with Crippen LogP contribution in [0.2, 0.25) is 0 Å². The van der Waals surface area contributed by atoms with Gasteiger partial charge in [0.05, 0.1) is 6.04 Å². The molecule has 1 N–H and O–H groups in total. The quantitative estimate of drug-likeness (QED) is 0.883. The monoisotopic (exact) mass is 302 g/mol. The fourth-order valence-corrected chi connectivity index (χ4v) is 3.30. The SMILES string of the molecule is Cc1ccc(/C=C\C(=O)N[C@H](C)c2nnc3n2CCC3)s1. The minimum Gasteiger partial charge on any atom is -0.343 e. The summed E-state index contributed by atoms with van der Waals surface area (Å²) < 4.78 is 2.11. The Bertz CT molecular complexity index is 686. The predicted octanol–water partition coefficient (Wildman–Crippen LogP) is 2.48. The van der Waals surface area contributed by atoms with Crippen LogP contribution in [0.4, 0.5) is 0 Å². The first-order valence-electron chi connectivity index (χ1n) is 7.10. The molecular weight excluding hydrogens is 284 g/mol. The first kappa shape index (κ1) is 14.0. The van der Waals surface area contributed by atoms with Crippen LogP contribution in [0, 0.1) is 6.92 Å². The normalized spacial score (nSPS) is 15.3. The molecule has 0 fully saturated rings. The van der Waals surface area contributed by atoms with Gasteiger partial charge >= 0.3 is 0 Å². The number of nitrogens with one attached hydrogen (secondary N) is 1. The van der Waals surface area contributed by atoms with E-state index in [1.165, 1.54) is 4.88 Å². The molecule has 5 nitrogen and oxygen atoms in total. The van der Waals surface area contributed by atoms with Gasteiger partial charge < -0.3 is 9.88 Å². The van der Waals surface area contributed by atoms with E-state index in [1.54, 1.807) is 17.4 Å². The summed E-state index contributed by atoms with van der Waals surface area (Å²) in [6.07, 6.45) is 5.50. The summed E-state index contributed by atoms with van der Waals surface area (Å²) in [7, 11) is 0. The van der Waals surface area contributed by atoms with Crippen molar-refractivity contribution in [3.8, 4) is 0 Å². The predicted molar refractivity (Wildman–Crippen MR) is 83.0 cm³/mol. The number of nitrogens with zero attached hydrogens (tertiary/aromatic N) is 3. The second kappa shape index (κ2) is 5.81. The van der Waals surface area contributed by atoms with Crippen molar-refractivity contribution in [1.82, 2.24) is 20.1 Å². The molecule has 1 atom stereocenters. The Morgan fingerprint density at radius 1 is 1.48 bits per heavy atom. The summed E-state index contributed by atoms with van der Waals surface area (Å²) in [6, 6.07) is 3.93. The van der Waals surface area contributed by atoms with E-state index in [2.05, 4.69) is 27.0 Å². The van der Waals surface area contributed by atoms with E-state index in [0.29, 0.717) is 0 Å². The van der Waals surface area contributed by atoms with Crippen molar-refractivity contribution in [1.29, 1.82) is 0 Å². The van der Waals surface area contributed by atoms with E-state index in [1.807, 2.05) is 25.1 Å². The van der Waals surface area contributed by atoms with E-state index >= 15 is 0 Å². The van der Waals surface area contributed by atoms with E-state index < -0.39 is 0 Å². The lowest BCUT2D eigenvalue weighted by Gasteiger charge is -2.12. The minimum absolute atomic E-state index is 0.107. The van der Waals surface area contributed by atoms with Gasteiger partial charge in [-0.05, 0) is 38.5 Å². The van der Waals surface area contributed by atoms with Crippen LogP contribution in [0.3, 0.4) is 0 Å². The van der Waals surface area contributed by atoms with E-state index in [-0.39, 0.29) is 11.9 Å². The lowest BCUT2D eigenvalue weighted by atomic mass is 10.3. The molecule has 21 heavy (non-hydrogen) atoms. The molecule has 0 saturated carbocycles. The van der Waals surface area contributed by atoms with Gasteiger partial charge in [-0.2, -0.15) is 0 Å². The Hall–Kier alpha value is -1.95. The third-order valence-electron chi connectivity index (χ3n) is 3.54. The Kier molecular flexibility index (Phi) is 3.88. The number of hydrogen-bond acceptors (Lipinski definition) is 4. The van der Waals surface area contributed by atoms with Crippen LogP contribution in [-0.2, 0) is 17.8 Å². The molecule has 0 aliphatic carbocycles. The Morgan fingerprint density at radius 2 is 2.33 bits per heavy atom. The van der Waals surface area contributed by atoms with Crippen molar-refractivity contribution in [2.24, 2.45) is 0 Å². The molecule has 1 aliphatic heterocycles. The van der Waals surface area contributed by atoms with Gasteiger partial charge in [-0.25, -0.2) is 0 Å². The fraction of sp³-hybridized carbons (Fsp3) is 0.400. The molecular formula is C15H18N4OS. The van der Waals surface area contributed by atoms with Crippen LogP contribution in [0.1, 0.15) is 40.8 Å². The molecule has 3 rings (SSSR count). The molecule has 0 aromatic carbocycles. The molecule has 3 heterocycles. The van der Waals surface area contributed by atoms with Gasteiger partial charge in [0.2, 0.25) is 5.91 Å². The third kappa shape index (κ3) is 3.05. The summed E-state index contributed by atoms with van der Waals surface area (Å²) >= 11 is 1.67. The number of carbonyl (C=O) groups is 1. The van der Waals surface area contributed by atoms with Gasteiger partial charge in [0.1, 0.15) is 5.82 Å².